The highest BCUT2D eigenvalue weighted by molar-refractivity contribution is 5.78. The van der Waals surface area contributed by atoms with Gasteiger partial charge in [0.15, 0.2) is 0 Å². The average Bonchev–Trinajstić information content (AvgIpc) is 2.36. The van der Waals surface area contributed by atoms with Gasteiger partial charge >= 0.3 is 0 Å². The Kier molecular flexibility index (Phi) is 3.46. The van der Waals surface area contributed by atoms with Crippen molar-refractivity contribution in [3.8, 4) is 5.75 Å². The highest BCUT2D eigenvalue weighted by Crippen LogP contribution is 2.38. The third kappa shape index (κ3) is 2.48. The lowest BCUT2D eigenvalue weighted by Gasteiger charge is -2.37. The Morgan fingerprint density at radius 2 is 2.18 bits per heavy atom. The van der Waals surface area contributed by atoms with Crippen LogP contribution in [0, 0.1) is 0 Å². The summed E-state index contributed by atoms with van der Waals surface area (Å²) in [5.74, 6) is 0.954. The van der Waals surface area contributed by atoms with Crippen LogP contribution in [0.25, 0.3) is 0 Å². The molecule has 0 amide bonds. The van der Waals surface area contributed by atoms with Gasteiger partial charge in [0.05, 0.1) is 17.8 Å². The topological polar surface area (TPSA) is 33.3 Å². The summed E-state index contributed by atoms with van der Waals surface area (Å²) < 4.78 is 5.75. The Morgan fingerprint density at radius 1 is 1.35 bits per heavy atom. The van der Waals surface area contributed by atoms with Crippen LogP contribution in [0.1, 0.15) is 33.6 Å². The molecule has 1 aromatic rings. The molecule has 0 saturated carbocycles. The van der Waals surface area contributed by atoms with E-state index in [9.17, 15) is 0 Å². The van der Waals surface area contributed by atoms with Crippen LogP contribution in [0.4, 0.5) is 11.4 Å². The van der Waals surface area contributed by atoms with Crippen molar-refractivity contribution in [2.24, 2.45) is 0 Å². The van der Waals surface area contributed by atoms with E-state index in [1.807, 2.05) is 12.1 Å². The molecule has 17 heavy (non-hydrogen) atoms. The molecule has 1 aromatic carbocycles. The fourth-order valence-corrected chi connectivity index (χ4v) is 2.02. The van der Waals surface area contributed by atoms with Crippen molar-refractivity contribution >= 4 is 11.4 Å². The normalized spacial score (nSPS) is 22.3. The molecule has 0 bridgehead atoms. The number of benzene rings is 1. The SMILES string of the molecule is CCCOc1cccc2c1NCC(C)(CC)N2. The van der Waals surface area contributed by atoms with Crippen molar-refractivity contribution < 1.29 is 4.74 Å². The molecule has 2 N–H and O–H groups in total. The molecule has 0 spiro atoms. The minimum Gasteiger partial charge on any atom is -0.491 e. The number of hydrogen-bond donors (Lipinski definition) is 2. The van der Waals surface area contributed by atoms with Crippen LogP contribution in [0.2, 0.25) is 0 Å². The summed E-state index contributed by atoms with van der Waals surface area (Å²) in [7, 11) is 0. The molecule has 2 rings (SSSR count). The third-order valence-corrected chi connectivity index (χ3v) is 3.36. The van der Waals surface area contributed by atoms with Crippen LogP contribution in [-0.2, 0) is 0 Å². The van der Waals surface area contributed by atoms with Crippen molar-refractivity contribution in [1.29, 1.82) is 0 Å². The molecule has 0 aromatic heterocycles. The predicted octanol–water partition coefficient (Wildman–Crippen LogP) is 3.48. The quantitative estimate of drug-likeness (QED) is 0.836. The van der Waals surface area contributed by atoms with Crippen molar-refractivity contribution in [3.63, 3.8) is 0 Å². The first-order chi connectivity index (χ1) is 8.18. The van der Waals surface area contributed by atoms with Gasteiger partial charge in [-0.15, -0.1) is 0 Å². The van der Waals surface area contributed by atoms with Crippen molar-refractivity contribution in [3.05, 3.63) is 18.2 Å². The van der Waals surface area contributed by atoms with Crippen molar-refractivity contribution in [2.75, 3.05) is 23.8 Å². The summed E-state index contributed by atoms with van der Waals surface area (Å²) in [5.41, 5.74) is 2.39. The average molecular weight is 234 g/mol. The number of nitrogens with one attached hydrogen (secondary N) is 2. The first-order valence-corrected chi connectivity index (χ1v) is 6.46. The Morgan fingerprint density at radius 3 is 2.88 bits per heavy atom. The highest BCUT2D eigenvalue weighted by atomic mass is 16.5. The lowest BCUT2D eigenvalue weighted by atomic mass is 9.95. The second-order valence-corrected chi connectivity index (χ2v) is 4.92. The second kappa shape index (κ2) is 4.86. The molecular weight excluding hydrogens is 212 g/mol. The van der Waals surface area contributed by atoms with E-state index in [1.54, 1.807) is 0 Å². The van der Waals surface area contributed by atoms with Gasteiger partial charge in [-0.05, 0) is 31.9 Å². The monoisotopic (exact) mass is 234 g/mol. The Balaban J connectivity index is 2.23. The number of hydrogen-bond acceptors (Lipinski definition) is 3. The number of para-hydroxylation sites is 1. The largest absolute Gasteiger partial charge is 0.491 e. The fraction of sp³-hybridized carbons (Fsp3) is 0.571. The molecule has 3 nitrogen and oxygen atoms in total. The van der Waals surface area contributed by atoms with Crippen molar-refractivity contribution in [2.45, 2.75) is 39.2 Å². The van der Waals surface area contributed by atoms with Gasteiger partial charge in [-0.1, -0.05) is 19.9 Å². The summed E-state index contributed by atoms with van der Waals surface area (Å²) in [5, 5.41) is 7.09. The van der Waals surface area contributed by atoms with Crippen LogP contribution in [0.15, 0.2) is 18.2 Å². The van der Waals surface area contributed by atoms with Crippen LogP contribution in [0.3, 0.4) is 0 Å². The lowest BCUT2D eigenvalue weighted by Crippen LogP contribution is -2.44. The van der Waals surface area contributed by atoms with Crippen molar-refractivity contribution in [1.82, 2.24) is 0 Å². The van der Waals surface area contributed by atoms with E-state index >= 15 is 0 Å². The fourth-order valence-electron chi connectivity index (χ4n) is 2.02. The van der Waals surface area contributed by atoms with Gasteiger partial charge < -0.3 is 15.4 Å². The molecule has 94 valence electrons. The maximum absolute atomic E-state index is 5.75. The standard InChI is InChI=1S/C14H22N2O/c1-4-9-17-12-8-6-7-11-13(12)15-10-14(3,5-2)16-11/h6-8,15-16H,4-5,9-10H2,1-3H3. The zero-order valence-electron chi connectivity index (χ0n) is 11.0. The molecule has 1 aliphatic rings. The van der Waals surface area contributed by atoms with Crippen LogP contribution >= 0.6 is 0 Å². The van der Waals surface area contributed by atoms with Gasteiger partial charge in [-0.2, -0.15) is 0 Å². The molecule has 3 heteroatoms. The zero-order valence-corrected chi connectivity index (χ0v) is 11.0. The maximum Gasteiger partial charge on any atom is 0.144 e. The van der Waals surface area contributed by atoms with Crippen LogP contribution in [-0.4, -0.2) is 18.7 Å². The van der Waals surface area contributed by atoms with Gasteiger partial charge in [0.25, 0.3) is 0 Å². The molecule has 0 fully saturated rings. The van der Waals surface area contributed by atoms with Crippen LogP contribution in [0.5, 0.6) is 5.75 Å². The van der Waals surface area contributed by atoms with Gasteiger partial charge in [0, 0.05) is 6.54 Å². The molecular formula is C14H22N2O. The third-order valence-electron chi connectivity index (χ3n) is 3.36. The summed E-state index contributed by atoms with van der Waals surface area (Å²) in [6, 6.07) is 6.17. The number of anilines is 2. The first kappa shape index (κ1) is 12.1. The zero-order chi connectivity index (χ0) is 12.3. The van der Waals surface area contributed by atoms with Gasteiger partial charge in [-0.25, -0.2) is 0 Å². The van der Waals surface area contributed by atoms with Crippen LogP contribution < -0.4 is 15.4 Å². The smallest absolute Gasteiger partial charge is 0.144 e. The number of ether oxygens (including phenoxy) is 1. The van der Waals surface area contributed by atoms with E-state index < -0.39 is 0 Å². The maximum atomic E-state index is 5.75. The Bertz CT molecular complexity index is 392. The van der Waals surface area contributed by atoms with Gasteiger partial charge in [0.2, 0.25) is 0 Å². The van der Waals surface area contributed by atoms with E-state index in [2.05, 4.69) is 37.5 Å². The summed E-state index contributed by atoms with van der Waals surface area (Å²) in [6.07, 6.45) is 2.13. The van der Waals surface area contributed by atoms with E-state index in [0.717, 1.165) is 43.1 Å². The number of fused-ring (bicyclic) bond motifs is 1. The van der Waals surface area contributed by atoms with Gasteiger partial charge in [-0.3, -0.25) is 0 Å². The second-order valence-electron chi connectivity index (χ2n) is 4.92. The van der Waals surface area contributed by atoms with E-state index in [0.29, 0.717) is 0 Å². The Hall–Kier alpha value is -1.38. The Labute approximate surface area is 104 Å². The highest BCUT2D eigenvalue weighted by Gasteiger charge is 2.28. The molecule has 0 radical (unpaired) electrons. The predicted molar refractivity (Wildman–Crippen MR) is 73.0 cm³/mol. The molecule has 1 atom stereocenters. The first-order valence-electron chi connectivity index (χ1n) is 6.46. The molecule has 1 aliphatic heterocycles. The molecule has 1 heterocycles. The number of rotatable bonds is 4. The lowest BCUT2D eigenvalue weighted by molar-refractivity contribution is 0.318. The van der Waals surface area contributed by atoms with E-state index in [1.165, 1.54) is 0 Å². The molecule has 0 saturated heterocycles. The summed E-state index contributed by atoms with van der Waals surface area (Å²) >= 11 is 0. The minimum absolute atomic E-state index is 0.135. The van der Waals surface area contributed by atoms with Gasteiger partial charge in [0.1, 0.15) is 11.4 Å². The minimum atomic E-state index is 0.135. The summed E-state index contributed by atoms with van der Waals surface area (Å²) in [6.45, 7) is 8.26. The molecule has 0 aliphatic carbocycles. The molecule has 1 unspecified atom stereocenters. The van der Waals surface area contributed by atoms with E-state index in [4.69, 9.17) is 4.74 Å². The summed E-state index contributed by atoms with van der Waals surface area (Å²) in [4.78, 5) is 0. The van der Waals surface area contributed by atoms with E-state index in [-0.39, 0.29) is 5.54 Å².